The molecule has 52 valence electrons. The maximum atomic E-state index is 5.24. The van der Waals surface area contributed by atoms with Crippen molar-refractivity contribution in [3.8, 4) is 12.3 Å². The summed E-state index contributed by atoms with van der Waals surface area (Å²) in [7, 11) is 0. The maximum Gasteiger partial charge on any atom is 0.0743 e. The first-order valence-corrected chi connectivity index (χ1v) is 3.23. The quantitative estimate of drug-likeness (QED) is 0.550. The second kappa shape index (κ2) is 2.89. The first-order chi connectivity index (χ1) is 3.98. The summed E-state index contributed by atoms with van der Waals surface area (Å²) in [4.78, 5) is 0. The van der Waals surface area contributed by atoms with Crippen molar-refractivity contribution in [1.82, 2.24) is 5.32 Å². The van der Waals surface area contributed by atoms with E-state index in [0.717, 1.165) is 0 Å². The van der Waals surface area contributed by atoms with Crippen molar-refractivity contribution in [2.24, 2.45) is 0 Å². The summed E-state index contributed by atoms with van der Waals surface area (Å²) in [5.41, 5.74) is -0.159. The molecule has 0 aliphatic heterocycles. The van der Waals surface area contributed by atoms with Gasteiger partial charge in [0, 0.05) is 6.04 Å². The van der Waals surface area contributed by atoms with Gasteiger partial charge in [-0.2, -0.15) is 0 Å². The third-order valence-electron chi connectivity index (χ3n) is 1.01. The second-order valence-electron chi connectivity index (χ2n) is 3.07. The summed E-state index contributed by atoms with van der Waals surface area (Å²) in [6.45, 7) is 8.15. The smallest absolute Gasteiger partial charge is 0.0743 e. The van der Waals surface area contributed by atoms with E-state index in [1.54, 1.807) is 0 Å². The van der Waals surface area contributed by atoms with Crippen molar-refractivity contribution >= 4 is 0 Å². The SMILES string of the molecule is C#CC(C)(C)NC(C)C. The molecule has 9 heavy (non-hydrogen) atoms. The Hall–Kier alpha value is -0.480. The molecule has 0 unspecified atom stereocenters. The van der Waals surface area contributed by atoms with Crippen LogP contribution in [0.4, 0.5) is 0 Å². The predicted octanol–water partition coefficient (Wildman–Crippen LogP) is 1.40. The molecule has 0 aromatic carbocycles. The molecule has 1 heteroatoms. The van der Waals surface area contributed by atoms with Crippen LogP contribution in [0.15, 0.2) is 0 Å². The van der Waals surface area contributed by atoms with Crippen LogP contribution in [0.5, 0.6) is 0 Å². The van der Waals surface area contributed by atoms with E-state index in [9.17, 15) is 0 Å². The summed E-state index contributed by atoms with van der Waals surface area (Å²) in [6, 6.07) is 0.455. The second-order valence-corrected chi connectivity index (χ2v) is 3.07. The van der Waals surface area contributed by atoms with Gasteiger partial charge >= 0.3 is 0 Å². The molecule has 0 bridgehead atoms. The van der Waals surface area contributed by atoms with Crippen LogP contribution in [0.25, 0.3) is 0 Å². The van der Waals surface area contributed by atoms with Crippen molar-refractivity contribution in [2.75, 3.05) is 0 Å². The van der Waals surface area contributed by atoms with Gasteiger partial charge in [-0.05, 0) is 27.7 Å². The maximum absolute atomic E-state index is 5.24. The Balaban J connectivity index is 3.76. The van der Waals surface area contributed by atoms with Crippen LogP contribution in [0.3, 0.4) is 0 Å². The fourth-order valence-corrected chi connectivity index (χ4v) is 0.763. The number of rotatable bonds is 2. The monoisotopic (exact) mass is 125 g/mol. The van der Waals surface area contributed by atoms with Gasteiger partial charge < -0.3 is 0 Å². The highest BCUT2D eigenvalue weighted by atomic mass is 15.0. The lowest BCUT2D eigenvalue weighted by Gasteiger charge is -2.22. The van der Waals surface area contributed by atoms with E-state index >= 15 is 0 Å². The van der Waals surface area contributed by atoms with Gasteiger partial charge in [0.2, 0.25) is 0 Å². The Morgan fingerprint density at radius 2 is 1.89 bits per heavy atom. The highest BCUT2D eigenvalue weighted by molar-refractivity contribution is 5.07. The Labute approximate surface area is 57.8 Å². The molecule has 0 aromatic rings. The van der Waals surface area contributed by atoms with Crippen LogP contribution in [0, 0.1) is 12.3 Å². The Bertz CT molecular complexity index is 117. The Kier molecular flexibility index (Phi) is 2.73. The third kappa shape index (κ3) is 4.05. The van der Waals surface area contributed by atoms with E-state index in [-0.39, 0.29) is 5.54 Å². The lowest BCUT2D eigenvalue weighted by molar-refractivity contribution is 0.441. The number of hydrogen-bond donors (Lipinski definition) is 1. The minimum Gasteiger partial charge on any atom is -0.299 e. The molecule has 0 rings (SSSR count). The van der Waals surface area contributed by atoms with Crippen LogP contribution >= 0.6 is 0 Å². The summed E-state index contributed by atoms with van der Waals surface area (Å²) >= 11 is 0. The van der Waals surface area contributed by atoms with E-state index in [1.807, 2.05) is 13.8 Å². The van der Waals surface area contributed by atoms with Gasteiger partial charge in [-0.1, -0.05) is 5.92 Å². The topological polar surface area (TPSA) is 12.0 Å². The van der Waals surface area contributed by atoms with Gasteiger partial charge in [0.05, 0.1) is 5.54 Å². The van der Waals surface area contributed by atoms with Crippen LogP contribution < -0.4 is 5.32 Å². The molecule has 0 heterocycles. The molecular weight excluding hydrogens is 110 g/mol. The summed E-state index contributed by atoms with van der Waals surface area (Å²) in [5.74, 6) is 2.66. The molecule has 0 fully saturated rings. The molecule has 0 amide bonds. The zero-order chi connectivity index (χ0) is 7.49. The highest BCUT2D eigenvalue weighted by Crippen LogP contribution is 1.99. The predicted molar refractivity (Wildman–Crippen MR) is 41.2 cm³/mol. The molecular formula is C8H15N. The summed E-state index contributed by atoms with van der Waals surface area (Å²) in [5, 5.41) is 3.23. The zero-order valence-corrected chi connectivity index (χ0v) is 6.65. The number of hydrogen-bond acceptors (Lipinski definition) is 1. The molecule has 0 aromatic heterocycles. The Morgan fingerprint density at radius 3 is 2.00 bits per heavy atom. The Morgan fingerprint density at radius 1 is 1.44 bits per heavy atom. The highest BCUT2D eigenvalue weighted by Gasteiger charge is 2.12. The van der Waals surface area contributed by atoms with Gasteiger partial charge in [0.25, 0.3) is 0 Å². The van der Waals surface area contributed by atoms with Crippen molar-refractivity contribution < 1.29 is 0 Å². The molecule has 1 N–H and O–H groups in total. The molecule has 0 aliphatic rings. The number of nitrogens with one attached hydrogen (secondary N) is 1. The van der Waals surface area contributed by atoms with Crippen molar-refractivity contribution in [3.05, 3.63) is 0 Å². The first-order valence-electron chi connectivity index (χ1n) is 3.23. The van der Waals surface area contributed by atoms with Crippen LogP contribution in [-0.2, 0) is 0 Å². The zero-order valence-electron chi connectivity index (χ0n) is 6.65. The van der Waals surface area contributed by atoms with Gasteiger partial charge in [-0.15, -0.1) is 6.42 Å². The van der Waals surface area contributed by atoms with Crippen LogP contribution in [0.2, 0.25) is 0 Å². The summed E-state index contributed by atoms with van der Waals surface area (Å²) in [6.07, 6.45) is 5.24. The average molecular weight is 125 g/mol. The van der Waals surface area contributed by atoms with Gasteiger partial charge in [-0.25, -0.2) is 0 Å². The van der Waals surface area contributed by atoms with Crippen LogP contribution in [0.1, 0.15) is 27.7 Å². The minimum absolute atomic E-state index is 0.159. The molecule has 0 radical (unpaired) electrons. The lowest BCUT2D eigenvalue weighted by atomic mass is 10.1. The molecule has 1 nitrogen and oxygen atoms in total. The van der Waals surface area contributed by atoms with E-state index < -0.39 is 0 Å². The van der Waals surface area contributed by atoms with E-state index in [2.05, 4.69) is 25.1 Å². The lowest BCUT2D eigenvalue weighted by Crippen LogP contribution is -2.42. The van der Waals surface area contributed by atoms with Crippen molar-refractivity contribution in [3.63, 3.8) is 0 Å². The first kappa shape index (κ1) is 8.52. The normalized spacial score (nSPS) is 11.6. The van der Waals surface area contributed by atoms with Crippen molar-refractivity contribution in [1.29, 1.82) is 0 Å². The minimum atomic E-state index is -0.159. The molecule has 0 saturated carbocycles. The van der Waals surface area contributed by atoms with E-state index in [1.165, 1.54) is 0 Å². The molecule has 0 spiro atoms. The third-order valence-corrected chi connectivity index (χ3v) is 1.01. The largest absolute Gasteiger partial charge is 0.299 e. The van der Waals surface area contributed by atoms with Crippen molar-refractivity contribution in [2.45, 2.75) is 39.3 Å². The van der Waals surface area contributed by atoms with Gasteiger partial charge in [-0.3, -0.25) is 5.32 Å². The van der Waals surface area contributed by atoms with Gasteiger partial charge in [0.1, 0.15) is 0 Å². The average Bonchev–Trinajstić information content (AvgIpc) is 1.63. The van der Waals surface area contributed by atoms with E-state index in [4.69, 9.17) is 6.42 Å². The van der Waals surface area contributed by atoms with Crippen LogP contribution in [-0.4, -0.2) is 11.6 Å². The standard InChI is InChI=1S/C8H15N/c1-6-8(4,5)9-7(2)3/h1,7,9H,2-5H3. The fourth-order valence-electron chi connectivity index (χ4n) is 0.763. The van der Waals surface area contributed by atoms with Gasteiger partial charge in [0.15, 0.2) is 0 Å². The summed E-state index contributed by atoms with van der Waals surface area (Å²) < 4.78 is 0. The number of terminal acetylenes is 1. The van der Waals surface area contributed by atoms with E-state index in [0.29, 0.717) is 6.04 Å². The molecule has 0 atom stereocenters. The molecule has 0 aliphatic carbocycles. The molecule has 0 saturated heterocycles. The fraction of sp³-hybridized carbons (Fsp3) is 0.750.